The van der Waals surface area contributed by atoms with Crippen LogP contribution in [0.15, 0.2) is 18.2 Å². The Morgan fingerprint density at radius 2 is 1.95 bits per heavy atom. The summed E-state index contributed by atoms with van der Waals surface area (Å²) in [5.74, 6) is -0.339. The van der Waals surface area contributed by atoms with E-state index in [4.69, 9.17) is 4.74 Å². The smallest absolute Gasteiger partial charge is 0.426 e. The average molecular weight is 291 g/mol. The van der Waals surface area contributed by atoms with E-state index < -0.39 is 6.09 Å². The molecule has 0 saturated carbocycles. The van der Waals surface area contributed by atoms with Crippen molar-refractivity contribution in [1.82, 2.24) is 10.9 Å². The van der Waals surface area contributed by atoms with Crippen LogP contribution in [0.3, 0.4) is 0 Å². The number of hydrazine groups is 1. The molecule has 1 heterocycles. The summed E-state index contributed by atoms with van der Waals surface area (Å²) >= 11 is 0. The number of benzene rings is 1. The van der Waals surface area contributed by atoms with Crippen molar-refractivity contribution in [2.45, 2.75) is 26.7 Å². The number of amides is 2. The summed E-state index contributed by atoms with van der Waals surface area (Å²) in [5, 5.41) is 0. The maximum absolute atomic E-state index is 12.3. The molecule has 6 heteroatoms. The molecule has 1 aliphatic heterocycles. The highest BCUT2D eigenvalue weighted by Crippen LogP contribution is 2.25. The van der Waals surface area contributed by atoms with Gasteiger partial charge in [-0.25, -0.2) is 10.2 Å². The Kier molecular flexibility index (Phi) is 5.03. The number of carbonyl (C=O) groups is 2. The Balaban J connectivity index is 2.11. The molecule has 0 unspecified atom stereocenters. The topological polar surface area (TPSA) is 70.7 Å². The number of hydrogen-bond donors (Lipinski definition) is 2. The van der Waals surface area contributed by atoms with Gasteiger partial charge in [0.25, 0.3) is 5.91 Å². The van der Waals surface area contributed by atoms with Gasteiger partial charge in [-0.3, -0.25) is 10.2 Å². The molecule has 0 aromatic heterocycles. The molecular weight excluding hydrogens is 270 g/mol. The van der Waals surface area contributed by atoms with Crippen molar-refractivity contribution >= 4 is 17.7 Å². The number of nitrogens with zero attached hydrogens (tertiary/aromatic N) is 1. The summed E-state index contributed by atoms with van der Waals surface area (Å²) in [6, 6.07) is 5.78. The Labute approximate surface area is 124 Å². The first-order chi connectivity index (χ1) is 10.1. The van der Waals surface area contributed by atoms with E-state index in [1.165, 1.54) is 0 Å². The molecule has 21 heavy (non-hydrogen) atoms. The van der Waals surface area contributed by atoms with Gasteiger partial charge in [-0.05, 0) is 38.8 Å². The number of ether oxygens (including phenoxy) is 1. The number of carbonyl (C=O) groups excluding carboxylic acids is 2. The van der Waals surface area contributed by atoms with Crippen LogP contribution >= 0.6 is 0 Å². The van der Waals surface area contributed by atoms with Gasteiger partial charge in [0.1, 0.15) is 0 Å². The SMILES string of the molecule is CCOC(=O)NNC(=O)c1cc(C)ccc1N1CCCC1. The molecule has 1 aromatic rings. The largest absolute Gasteiger partial charge is 0.449 e. The molecular formula is C15H21N3O3. The first-order valence-electron chi connectivity index (χ1n) is 7.20. The van der Waals surface area contributed by atoms with Crippen molar-refractivity contribution < 1.29 is 14.3 Å². The zero-order valence-corrected chi connectivity index (χ0v) is 12.4. The molecule has 114 valence electrons. The van der Waals surface area contributed by atoms with Gasteiger partial charge in [0.2, 0.25) is 0 Å². The van der Waals surface area contributed by atoms with E-state index in [1.54, 1.807) is 6.92 Å². The molecule has 1 aromatic carbocycles. The lowest BCUT2D eigenvalue weighted by atomic mass is 10.1. The Bertz CT molecular complexity index is 525. The van der Waals surface area contributed by atoms with E-state index in [9.17, 15) is 9.59 Å². The molecule has 1 saturated heterocycles. The summed E-state index contributed by atoms with van der Waals surface area (Å²) in [5.41, 5.74) is 7.09. The molecule has 2 rings (SSSR count). The van der Waals surface area contributed by atoms with Gasteiger partial charge in [0.15, 0.2) is 0 Å². The fourth-order valence-electron chi connectivity index (χ4n) is 2.41. The van der Waals surface area contributed by atoms with Gasteiger partial charge in [-0.15, -0.1) is 0 Å². The van der Waals surface area contributed by atoms with E-state index >= 15 is 0 Å². The van der Waals surface area contributed by atoms with Gasteiger partial charge in [0.05, 0.1) is 12.2 Å². The third kappa shape index (κ3) is 3.87. The highest BCUT2D eigenvalue weighted by molar-refractivity contribution is 6.00. The number of rotatable bonds is 3. The quantitative estimate of drug-likeness (QED) is 0.836. The van der Waals surface area contributed by atoms with E-state index in [2.05, 4.69) is 15.8 Å². The molecule has 6 nitrogen and oxygen atoms in total. The van der Waals surface area contributed by atoms with Crippen molar-refractivity contribution in [1.29, 1.82) is 0 Å². The summed E-state index contributed by atoms with van der Waals surface area (Å²) in [7, 11) is 0. The van der Waals surface area contributed by atoms with Gasteiger partial charge >= 0.3 is 6.09 Å². The van der Waals surface area contributed by atoms with Crippen molar-refractivity contribution in [3.63, 3.8) is 0 Å². The zero-order chi connectivity index (χ0) is 15.2. The molecule has 0 spiro atoms. The molecule has 0 bridgehead atoms. The number of hydrogen-bond acceptors (Lipinski definition) is 4. The van der Waals surface area contributed by atoms with Gasteiger partial charge in [-0.2, -0.15) is 0 Å². The Hall–Kier alpha value is -2.24. The minimum atomic E-state index is -0.666. The number of anilines is 1. The minimum Gasteiger partial charge on any atom is -0.449 e. The normalized spacial score (nSPS) is 13.9. The molecule has 2 amide bonds. The predicted molar refractivity (Wildman–Crippen MR) is 80.2 cm³/mol. The van der Waals surface area contributed by atoms with Crippen LogP contribution in [0, 0.1) is 6.92 Å². The summed E-state index contributed by atoms with van der Waals surface area (Å²) < 4.78 is 4.71. The predicted octanol–water partition coefficient (Wildman–Crippen LogP) is 1.99. The van der Waals surface area contributed by atoms with E-state index in [1.807, 2.05) is 25.1 Å². The molecule has 0 radical (unpaired) electrons. The van der Waals surface area contributed by atoms with Crippen LogP contribution in [0.4, 0.5) is 10.5 Å². The summed E-state index contributed by atoms with van der Waals surface area (Å²) in [6.45, 7) is 5.80. The van der Waals surface area contributed by atoms with Crippen molar-refractivity contribution in [2.24, 2.45) is 0 Å². The van der Waals surface area contributed by atoms with Crippen LogP contribution in [-0.2, 0) is 4.74 Å². The van der Waals surface area contributed by atoms with Crippen LogP contribution < -0.4 is 15.8 Å². The van der Waals surface area contributed by atoms with E-state index in [0.717, 1.165) is 37.2 Å². The van der Waals surface area contributed by atoms with Gasteiger partial charge in [0, 0.05) is 18.8 Å². The summed E-state index contributed by atoms with van der Waals surface area (Å²) in [6.07, 6.45) is 1.60. The van der Waals surface area contributed by atoms with Crippen LogP contribution in [0.2, 0.25) is 0 Å². The van der Waals surface area contributed by atoms with E-state index in [-0.39, 0.29) is 12.5 Å². The number of nitrogens with one attached hydrogen (secondary N) is 2. The lowest BCUT2D eigenvalue weighted by Crippen LogP contribution is -2.42. The van der Waals surface area contributed by atoms with Crippen molar-refractivity contribution in [3.8, 4) is 0 Å². The highest BCUT2D eigenvalue weighted by Gasteiger charge is 2.20. The third-order valence-corrected chi connectivity index (χ3v) is 3.40. The zero-order valence-electron chi connectivity index (χ0n) is 12.4. The molecule has 2 N–H and O–H groups in total. The van der Waals surface area contributed by atoms with Crippen molar-refractivity contribution in [3.05, 3.63) is 29.3 Å². The van der Waals surface area contributed by atoms with Crippen molar-refractivity contribution in [2.75, 3.05) is 24.6 Å². The summed E-state index contributed by atoms with van der Waals surface area (Å²) in [4.78, 5) is 25.7. The van der Waals surface area contributed by atoms with Crippen LogP contribution in [0.5, 0.6) is 0 Å². The van der Waals surface area contributed by atoms with Crippen LogP contribution in [0.25, 0.3) is 0 Å². The fourth-order valence-corrected chi connectivity index (χ4v) is 2.41. The van der Waals surface area contributed by atoms with Crippen LogP contribution in [0.1, 0.15) is 35.7 Å². The first-order valence-corrected chi connectivity index (χ1v) is 7.20. The third-order valence-electron chi connectivity index (χ3n) is 3.40. The number of aryl methyl sites for hydroxylation is 1. The Morgan fingerprint density at radius 3 is 2.62 bits per heavy atom. The van der Waals surface area contributed by atoms with E-state index in [0.29, 0.717) is 5.56 Å². The second kappa shape index (κ2) is 6.97. The maximum atomic E-state index is 12.3. The minimum absolute atomic E-state index is 0.255. The molecule has 0 atom stereocenters. The van der Waals surface area contributed by atoms with Gasteiger partial charge in [-0.1, -0.05) is 11.6 Å². The lowest BCUT2D eigenvalue weighted by Gasteiger charge is -2.21. The standard InChI is InChI=1S/C15H21N3O3/c1-3-21-15(20)17-16-14(19)12-10-11(2)6-7-13(12)18-8-4-5-9-18/h6-7,10H,3-5,8-9H2,1-2H3,(H,16,19)(H,17,20). The Morgan fingerprint density at radius 1 is 1.24 bits per heavy atom. The average Bonchev–Trinajstić information content (AvgIpc) is 2.99. The monoisotopic (exact) mass is 291 g/mol. The lowest BCUT2D eigenvalue weighted by molar-refractivity contribution is 0.0913. The molecule has 0 aliphatic carbocycles. The second-order valence-electron chi connectivity index (χ2n) is 5.01. The van der Waals surface area contributed by atoms with Crippen LogP contribution in [-0.4, -0.2) is 31.7 Å². The first kappa shape index (κ1) is 15.2. The highest BCUT2D eigenvalue weighted by atomic mass is 16.5. The fraction of sp³-hybridized carbons (Fsp3) is 0.467. The van der Waals surface area contributed by atoms with Gasteiger partial charge < -0.3 is 9.64 Å². The maximum Gasteiger partial charge on any atom is 0.426 e. The molecule has 1 aliphatic rings. The molecule has 1 fully saturated rings. The second-order valence-corrected chi connectivity index (χ2v) is 5.01.